The van der Waals surface area contributed by atoms with Gasteiger partial charge in [0.1, 0.15) is 30.0 Å². The maximum atomic E-state index is 14.2. The zero-order chi connectivity index (χ0) is 37.8. The molecular formula is C37H46O14. The summed E-state index contributed by atoms with van der Waals surface area (Å²) in [6.07, 6.45) is -8.34. The number of hydrogen-bond donors (Lipinski definition) is 1. The average molecular weight is 715 g/mol. The summed E-state index contributed by atoms with van der Waals surface area (Å²) < 4.78 is 42.5. The van der Waals surface area contributed by atoms with Gasteiger partial charge in [-0.05, 0) is 30.2 Å². The molecule has 10 atom stereocenters. The van der Waals surface area contributed by atoms with E-state index in [4.69, 9.17) is 33.2 Å². The molecule has 3 fully saturated rings. The van der Waals surface area contributed by atoms with Gasteiger partial charge in [-0.2, -0.15) is 0 Å². The zero-order valence-corrected chi connectivity index (χ0v) is 30.3. The number of ether oxygens (including phenoxy) is 7. The van der Waals surface area contributed by atoms with Crippen LogP contribution in [0.2, 0.25) is 0 Å². The Hall–Kier alpha value is -4.30. The van der Waals surface area contributed by atoms with Crippen LogP contribution in [0.3, 0.4) is 0 Å². The fourth-order valence-electron chi connectivity index (χ4n) is 9.16. The molecule has 0 aromatic heterocycles. The fraction of sp³-hybridized carbons (Fsp3) is 0.622. The molecule has 5 rings (SSSR count). The van der Waals surface area contributed by atoms with E-state index in [2.05, 4.69) is 0 Å². The Labute approximate surface area is 296 Å². The lowest BCUT2D eigenvalue weighted by atomic mass is 9.44. The Kier molecular flexibility index (Phi) is 9.93. The van der Waals surface area contributed by atoms with Crippen LogP contribution in [0.5, 0.6) is 0 Å². The van der Waals surface area contributed by atoms with Crippen molar-refractivity contribution in [1.29, 1.82) is 0 Å². The molecule has 1 heterocycles. The van der Waals surface area contributed by atoms with Crippen LogP contribution in [0, 0.1) is 16.7 Å². The first kappa shape index (κ1) is 37.9. The van der Waals surface area contributed by atoms with Crippen molar-refractivity contribution in [3.8, 4) is 0 Å². The van der Waals surface area contributed by atoms with Crippen LogP contribution >= 0.6 is 0 Å². The van der Waals surface area contributed by atoms with E-state index in [-0.39, 0.29) is 30.6 Å². The van der Waals surface area contributed by atoms with Crippen LogP contribution in [0.4, 0.5) is 0 Å². The van der Waals surface area contributed by atoms with Gasteiger partial charge in [-0.1, -0.05) is 39.0 Å². The molecule has 51 heavy (non-hydrogen) atoms. The first-order chi connectivity index (χ1) is 23.7. The molecule has 0 spiro atoms. The first-order valence-electron chi connectivity index (χ1n) is 16.9. The highest BCUT2D eigenvalue weighted by Crippen LogP contribution is 2.66. The third kappa shape index (κ3) is 6.19. The number of esters is 6. The van der Waals surface area contributed by atoms with Gasteiger partial charge in [-0.15, -0.1) is 0 Å². The minimum atomic E-state index is -2.19. The van der Waals surface area contributed by atoms with Gasteiger partial charge in [0, 0.05) is 52.9 Å². The lowest BCUT2D eigenvalue weighted by Gasteiger charge is -2.69. The van der Waals surface area contributed by atoms with E-state index in [0.717, 1.165) is 13.8 Å². The first-order valence-corrected chi connectivity index (χ1v) is 16.9. The summed E-state index contributed by atoms with van der Waals surface area (Å²) >= 11 is 0. The van der Waals surface area contributed by atoms with E-state index in [1.165, 1.54) is 32.9 Å². The van der Waals surface area contributed by atoms with E-state index in [1.54, 1.807) is 45.9 Å². The van der Waals surface area contributed by atoms with Crippen LogP contribution in [0.25, 0.3) is 0 Å². The third-order valence-corrected chi connectivity index (χ3v) is 11.3. The number of aliphatic hydroxyl groups is 1. The number of hydrogen-bond acceptors (Lipinski definition) is 14. The van der Waals surface area contributed by atoms with Crippen molar-refractivity contribution in [2.24, 2.45) is 16.7 Å². The predicted octanol–water partition coefficient (Wildman–Crippen LogP) is 3.16. The van der Waals surface area contributed by atoms with Crippen molar-refractivity contribution < 1.29 is 67.0 Å². The van der Waals surface area contributed by atoms with Gasteiger partial charge in [-0.25, -0.2) is 4.79 Å². The molecule has 1 N–H and O–H groups in total. The van der Waals surface area contributed by atoms with Crippen molar-refractivity contribution in [1.82, 2.24) is 0 Å². The Balaban J connectivity index is 1.95. The molecule has 1 aromatic rings. The van der Waals surface area contributed by atoms with Crippen LogP contribution < -0.4 is 0 Å². The van der Waals surface area contributed by atoms with Crippen molar-refractivity contribution in [2.45, 2.75) is 123 Å². The van der Waals surface area contributed by atoms with E-state index in [9.17, 15) is 33.9 Å². The molecule has 14 nitrogen and oxygen atoms in total. The van der Waals surface area contributed by atoms with Gasteiger partial charge in [-0.3, -0.25) is 24.0 Å². The number of carbonyl (C=O) groups is 6. The normalized spacial score (nSPS) is 36.3. The lowest BCUT2D eigenvalue weighted by Crippen LogP contribution is -2.82. The van der Waals surface area contributed by atoms with Crippen molar-refractivity contribution in [2.75, 3.05) is 6.61 Å². The van der Waals surface area contributed by atoms with E-state index < -0.39 is 100 Å². The molecule has 1 aliphatic heterocycles. The van der Waals surface area contributed by atoms with Crippen LogP contribution in [-0.4, -0.2) is 95.4 Å². The fourth-order valence-corrected chi connectivity index (χ4v) is 9.16. The largest absolute Gasteiger partial charge is 0.462 e. The van der Waals surface area contributed by atoms with Gasteiger partial charge in [0.25, 0.3) is 0 Å². The van der Waals surface area contributed by atoms with Gasteiger partial charge in [0.15, 0.2) is 17.8 Å². The van der Waals surface area contributed by atoms with Gasteiger partial charge < -0.3 is 38.3 Å². The van der Waals surface area contributed by atoms with Crippen LogP contribution in [0.15, 0.2) is 41.5 Å². The highest BCUT2D eigenvalue weighted by molar-refractivity contribution is 5.89. The SMILES string of the molecule is CC(=O)OC1CC2(O)C(OC(=O)c3ccccc3)C3C4(OC(C)=O)COC4CC(OC(C)=O)C3(C)C(OC(C)=O)C(OC(C)=O)C(=C1C)C2(C)C. The topological polar surface area (TPSA) is 187 Å². The minimum Gasteiger partial charge on any atom is -0.462 e. The van der Waals surface area contributed by atoms with Gasteiger partial charge in [0.05, 0.1) is 23.5 Å². The minimum absolute atomic E-state index is 0.0698. The number of fused-ring (bicyclic) bond motifs is 5. The molecule has 14 heteroatoms. The average Bonchev–Trinajstić information content (AvgIpc) is 3.00. The maximum absolute atomic E-state index is 14.2. The van der Waals surface area contributed by atoms with Gasteiger partial charge >= 0.3 is 35.8 Å². The predicted molar refractivity (Wildman–Crippen MR) is 174 cm³/mol. The van der Waals surface area contributed by atoms with Crippen LogP contribution in [0.1, 0.15) is 85.5 Å². The Morgan fingerprint density at radius 1 is 0.765 bits per heavy atom. The van der Waals surface area contributed by atoms with Crippen molar-refractivity contribution in [3.05, 3.63) is 47.0 Å². The maximum Gasteiger partial charge on any atom is 0.338 e. The molecule has 2 saturated carbocycles. The van der Waals surface area contributed by atoms with E-state index in [1.807, 2.05) is 0 Å². The second-order valence-electron chi connectivity index (χ2n) is 14.7. The summed E-state index contributed by atoms with van der Waals surface area (Å²) in [5, 5.41) is 13.5. The molecule has 10 unspecified atom stereocenters. The summed E-state index contributed by atoms with van der Waals surface area (Å²) in [5.41, 5.74) is -6.32. The standard InChI is InChI=1S/C37H46O14/c1-18-25(46-19(2)38)16-37(44)32(50-33(43)24-13-11-10-12-14-24)30-35(9,26(47-20(3)39)15-27-36(30,17-45-27)51-23(6)42)31(49-22(5)41)29(48-21(4)40)28(18)34(37,7)8/h10-14,25-27,29-32,44H,15-17H2,1-9H3. The lowest BCUT2D eigenvalue weighted by molar-refractivity contribution is -0.365. The van der Waals surface area contributed by atoms with E-state index >= 15 is 0 Å². The molecule has 1 saturated heterocycles. The Bertz CT molecular complexity index is 1650. The number of carbonyl (C=O) groups excluding carboxylic acids is 6. The molecule has 2 bridgehead atoms. The third-order valence-electron chi connectivity index (χ3n) is 11.3. The number of rotatable bonds is 7. The highest BCUT2D eigenvalue weighted by atomic mass is 16.6. The summed E-state index contributed by atoms with van der Waals surface area (Å²) in [5.74, 6) is -5.93. The highest BCUT2D eigenvalue weighted by Gasteiger charge is 2.79. The molecule has 1 aromatic carbocycles. The smallest absolute Gasteiger partial charge is 0.338 e. The van der Waals surface area contributed by atoms with Crippen molar-refractivity contribution >= 4 is 35.8 Å². The van der Waals surface area contributed by atoms with E-state index in [0.29, 0.717) is 5.57 Å². The molecule has 3 aliphatic carbocycles. The molecule has 4 aliphatic rings. The molecular weight excluding hydrogens is 668 g/mol. The van der Waals surface area contributed by atoms with Gasteiger partial charge in [0.2, 0.25) is 0 Å². The summed E-state index contributed by atoms with van der Waals surface area (Å²) in [4.78, 5) is 78.6. The number of benzene rings is 1. The molecule has 278 valence electrons. The Morgan fingerprint density at radius 3 is 1.86 bits per heavy atom. The quantitative estimate of drug-likeness (QED) is 0.247. The zero-order valence-electron chi connectivity index (χ0n) is 30.3. The second kappa shape index (κ2) is 13.4. The summed E-state index contributed by atoms with van der Waals surface area (Å²) in [6, 6.07) is 8.02. The summed E-state index contributed by atoms with van der Waals surface area (Å²) in [6.45, 7) is 12.2. The molecule has 0 radical (unpaired) electrons. The van der Waals surface area contributed by atoms with Crippen molar-refractivity contribution in [3.63, 3.8) is 0 Å². The Morgan fingerprint density at radius 2 is 1.35 bits per heavy atom. The molecule has 0 amide bonds. The second-order valence-corrected chi connectivity index (χ2v) is 14.7. The summed E-state index contributed by atoms with van der Waals surface area (Å²) in [7, 11) is 0. The van der Waals surface area contributed by atoms with Crippen LogP contribution in [-0.2, 0) is 57.1 Å². The monoisotopic (exact) mass is 714 g/mol.